The van der Waals surface area contributed by atoms with Crippen LogP contribution in [0.5, 0.6) is 0 Å². The molecule has 0 aliphatic rings. The standard InChI is InChI=1S/C16H18N2O3/c1-17(2)15(19)14(12-8-5-4-6-9-12)21-16(20)13-10-7-11-18(13)3/h4-11,14H,1-3H3/t14-/m1/s1. The zero-order chi connectivity index (χ0) is 15.4. The summed E-state index contributed by atoms with van der Waals surface area (Å²) in [6.45, 7) is 0. The quantitative estimate of drug-likeness (QED) is 0.808. The van der Waals surface area contributed by atoms with Gasteiger partial charge in [-0.25, -0.2) is 4.79 Å². The van der Waals surface area contributed by atoms with Gasteiger partial charge in [-0.1, -0.05) is 30.3 Å². The van der Waals surface area contributed by atoms with Crippen molar-refractivity contribution in [2.24, 2.45) is 7.05 Å². The summed E-state index contributed by atoms with van der Waals surface area (Å²) in [5.41, 5.74) is 1.06. The van der Waals surface area contributed by atoms with Crippen molar-refractivity contribution in [1.29, 1.82) is 0 Å². The predicted octanol–water partition coefficient (Wildman–Crippen LogP) is 2.01. The van der Waals surface area contributed by atoms with Crippen LogP contribution in [0, 0.1) is 0 Å². The van der Waals surface area contributed by atoms with Crippen LogP contribution >= 0.6 is 0 Å². The summed E-state index contributed by atoms with van der Waals surface area (Å²) >= 11 is 0. The van der Waals surface area contributed by atoms with Gasteiger partial charge in [0.1, 0.15) is 5.69 Å². The lowest BCUT2D eigenvalue weighted by Crippen LogP contribution is -2.31. The Labute approximate surface area is 123 Å². The Morgan fingerprint density at radius 1 is 1.10 bits per heavy atom. The minimum absolute atomic E-state index is 0.274. The molecule has 2 rings (SSSR count). The molecular weight excluding hydrogens is 268 g/mol. The molecule has 1 aromatic heterocycles. The van der Waals surface area contributed by atoms with E-state index in [2.05, 4.69) is 0 Å². The number of benzene rings is 1. The van der Waals surface area contributed by atoms with Crippen molar-refractivity contribution in [3.63, 3.8) is 0 Å². The third-order valence-corrected chi connectivity index (χ3v) is 3.15. The summed E-state index contributed by atoms with van der Waals surface area (Å²) in [7, 11) is 5.02. The van der Waals surface area contributed by atoms with E-state index >= 15 is 0 Å². The fourth-order valence-corrected chi connectivity index (χ4v) is 1.96. The predicted molar refractivity (Wildman–Crippen MR) is 78.7 cm³/mol. The van der Waals surface area contributed by atoms with Crippen molar-refractivity contribution in [3.05, 3.63) is 59.9 Å². The first kappa shape index (κ1) is 14.8. The van der Waals surface area contributed by atoms with E-state index in [9.17, 15) is 9.59 Å². The van der Waals surface area contributed by atoms with Crippen LogP contribution in [-0.2, 0) is 16.6 Å². The number of likely N-dealkylation sites (N-methyl/N-ethyl adjacent to an activating group) is 1. The van der Waals surface area contributed by atoms with E-state index in [4.69, 9.17) is 4.74 Å². The van der Waals surface area contributed by atoms with Gasteiger partial charge < -0.3 is 14.2 Å². The van der Waals surface area contributed by atoms with Gasteiger partial charge >= 0.3 is 5.97 Å². The molecule has 0 saturated heterocycles. The SMILES string of the molecule is CN(C)C(=O)[C@H](OC(=O)c1cccn1C)c1ccccc1. The molecule has 2 aromatic rings. The van der Waals surface area contributed by atoms with Crippen LogP contribution in [-0.4, -0.2) is 35.4 Å². The first-order valence-electron chi connectivity index (χ1n) is 6.59. The first-order valence-corrected chi connectivity index (χ1v) is 6.59. The molecule has 1 heterocycles. The normalized spacial score (nSPS) is 11.8. The number of nitrogens with zero attached hydrogens (tertiary/aromatic N) is 2. The van der Waals surface area contributed by atoms with Crippen molar-refractivity contribution in [3.8, 4) is 0 Å². The molecule has 21 heavy (non-hydrogen) atoms. The number of hydrogen-bond acceptors (Lipinski definition) is 3. The van der Waals surface area contributed by atoms with Crippen LogP contribution in [0.2, 0.25) is 0 Å². The Kier molecular flexibility index (Phi) is 4.42. The second-order valence-electron chi connectivity index (χ2n) is 4.93. The van der Waals surface area contributed by atoms with Crippen molar-refractivity contribution >= 4 is 11.9 Å². The molecule has 5 heteroatoms. The van der Waals surface area contributed by atoms with E-state index in [1.54, 1.807) is 56.2 Å². The average Bonchev–Trinajstić information content (AvgIpc) is 2.91. The second kappa shape index (κ2) is 6.26. The summed E-state index contributed by atoms with van der Waals surface area (Å²) < 4.78 is 7.09. The van der Waals surface area contributed by atoms with Gasteiger partial charge in [0.25, 0.3) is 5.91 Å². The fraction of sp³-hybridized carbons (Fsp3) is 0.250. The number of rotatable bonds is 4. The molecule has 0 fully saturated rings. The Balaban J connectivity index is 2.27. The fourth-order valence-electron chi connectivity index (χ4n) is 1.96. The third-order valence-electron chi connectivity index (χ3n) is 3.15. The molecule has 5 nitrogen and oxygen atoms in total. The van der Waals surface area contributed by atoms with Gasteiger partial charge in [-0.15, -0.1) is 0 Å². The molecule has 0 unspecified atom stereocenters. The van der Waals surface area contributed by atoms with Gasteiger partial charge in [0.2, 0.25) is 6.10 Å². The van der Waals surface area contributed by atoms with E-state index in [0.29, 0.717) is 11.3 Å². The molecule has 0 aliphatic carbocycles. The lowest BCUT2D eigenvalue weighted by Gasteiger charge is -2.21. The Morgan fingerprint density at radius 2 is 1.76 bits per heavy atom. The average molecular weight is 286 g/mol. The topological polar surface area (TPSA) is 51.5 Å². The molecular formula is C16H18N2O3. The number of esters is 1. The summed E-state index contributed by atoms with van der Waals surface area (Å²) in [5.74, 6) is -0.796. The van der Waals surface area contributed by atoms with Gasteiger partial charge in [-0.2, -0.15) is 0 Å². The highest BCUT2D eigenvalue weighted by atomic mass is 16.5. The molecule has 0 bridgehead atoms. The van der Waals surface area contributed by atoms with Crippen molar-refractivity contribution < 1.29 is 14.3 Å². The molecule has 1 amide bonds. The van der Waals surface area contributed by atoms with Crippen LogP contribution in [0.25, 0.3) is 0 Å². The van der Waals surface area contributed by atoms with E-state index in [0.717, 1.165) is 0 Å². The largest absolute Gasteiger partial charge is 0.443 e. The number of carbonyl (C=O) groups excluding carboxylic acids is 2. The Morgan fingerprint density at radius 3 is 2.29 bits per heavy atom. The zero-order valence-electron chi connectivity index (χ0n) is 12.3. The maximum atomic E-state index is 12.3. The molecule has 110 valence electrons. The van der Waals surface area contributed by atoms with Gasteiger partial charge in [-0.05, 0) is 12.1 Å². The van der Waals surface area contributed by atoms with E-state index in [-0.39, 0.29) is 5.91 Å². The molecule has 0 spiro atoms. The van der Waals surface area contributed by atoms with Gasteiger partial charge in [0.05, 0.1) is 0 Å². The number of carbonyl (C=O) groups is 2. The third kappa shape index (κ3) is 3.31. The van der Waals surface area contributed by atoms with Crippen LogP contribution in [0.15, 0.2) is 48.7 Å². The number of aromatic nitrogens is 1. The van der Waals surface area contributed by atoms with E-state index in [1.165, 1.54) is 4.90 Å². The minimum Gasteiger partial charge on any atom is -0.443 e. The summed E-state index contributed by atoms with van der Waals surface area (Å²) in [6, 6.07) is 12.4. The van der Waals surface area contributed by atoms with Crippen molar-refractivity contribution in [1.82, 2.24) is 9.47 Å². The highest BCUT2D eigenvalue weighted by Gasteiger charge is 2.27. The van der Waals surface area contributed by atoms with Crippen LogP contribution in [0.1, 0.15) is 22.2 Å². The molecule has 0 aliphatic heterocycles. The summed E-state index contributed by atoms with van der Waals surface area (Å²) in [5, 5.41) is 0. The Hall–Kier alpha value is -2.56. The smallest absolute Gasteiger partial charge is 0.356 e. The summed E-state index contributed by atoms with van der Waals surface area (Å²) in [4.78, 5) is 25.9. The van der Waals surface area contributed by atoms with Crippen molar-refractivity contribution in [2.75, 3.05) is 14.1 Å². The van der Waals surface area contributed by atoms with Gasteiger partial charge in [-0.3, -0.25) is 4.79 Å². The number of aryl methyl sites for hydroxylation is 1. The lowest BCUT2D eigenvalue weighted by molar-refractivity contribution is -0.138. The molecule has 0 N–H and O–H groups in total. The number of amides is 1. The monoisotopic (exact) mass is 286 g/mol. The molecule has 0 saturated carbocycles. The van der Waals surface area contributed by atoms with E-state index in [1.807, 2.05) is 18.2 Å². The van der Waals surface area contributed by atoms with Gasteiger partial charge in [0, 0.05) is 32.9 Å². The van der Waals surface area contributed by atoms with Crippen LogP contribution in [0.4, 0.5) is 0 Å². The highest BCUT2D eigenvalue weighted by Crippen LogP contribution is 2.21. The molecule has 1 atom stereocenters. The maximum absolute atomic E-state index is 12.3. The summed E-state index contributed by atoms with van der Waals surface area (Å²) in [6.07, 6.45) is 0.811. The number of hydrogen-bond donors (Lipinski definition) is 0. The van der Waals surface area contributed by atoms with E-state index < -0.39 is 12.1 Å². The van der Waals surface area contributed by atoms with Crippen LogP contribution in [0.3, 0.4) is 0 Å². The second-order valence-corrected chi connectivity index (χ2v) is 4.93. The minimum atomic E-state index is -0.941. The first-order chi connectivity index (χ1) is 10.0. The van der Waals surface area contributed by atoms with Crippen molar-refractivity contribution in [2.45, 2.75) is 6.10 Å². The highest BCUT2D eigenvalue weighted by molar-refractivity contribution is 5.91. The Bertz CT molecular complexity index is 632. The molecule has 0 radical (unpaired) electrons. The zero-order valence-corrected chi connectivity index (χ0v) is 12.3. The lowest BCUT2D eigenvalue weighted by atomic mass is 10.1. The molecule has 1 aromatic carbocycles. The number of ether oxygens (including phenoxy) is 1. The van der Waals surface area contributed by atoms with Crippen LogP contribution < -0.4 is 0 Å². The van der Waals surface area contributed by atoms with Gasteiger partial charge in [0.15, 0.2) is 0 Å². The maximum Gasteiger partial charge on any atom is 0.356 e.